The quantitative estimate of drug-likeness (QED) is 0.920. The number of nitrogens with one attached hydrogen (secondary N) is 1. The second kappa shape index (κ2) is 6.67. The lowest BCUT2D eigenvalue weighted by Crippen LogP contribution is -2.17. The number of anilines is 1. The number of carbonyl (C=O) groups is 1. The van der Waals surface area contributed by atoms with E-state index in [4.69, 9.17) is 4.74 Å². The second-order valence-electron chi connectivity index (χ2n) is 5.13. The summed E-state index contributed by atoms with van der Waals surface area (Å²) in [6.07, 6.45) is 0. The van der Waals surface area contributed by atoms with Crippen molar-refractivity contribution in [2.45, 2.75) is 34.3 Å². The van der Waals surface area contributed by atoms with Crippen LogP contribution < -0.4 is 10.1 Å². The average molecular weight is 305 g/mol. The fourth-order valence-corrected chi connectivity index (χ4v) is 2.29. The van der Waals surface area contributed by atoms with Crippen LogP contribution >= 0.6 is 11.3 Å². The molecule has 2 rings (SSSR count). The van der Waals surface area contributed by atoms with Crippen molar-refractivity contribution in [3.63, 3.8) is 0 Å². The molecule has 1 aromatic heterocycles. The summed E-state index contributed by atoms with van der Waals surface area (Å²) in [7, 11) is 0. The van der Waals surface area contributed by atoms with Crippen molar-refractivity contribution in [2.24, 2.45) is 5.92 Å². The van der Waals surface area contributed by atoms with Gasteiger partial charge in [-0.15, -0.1) is 10.2 Å². The molecule has 1 amide bonds. The van der Waals surface area contributed by atoms with Crippen LogP contribution in [-0.4, -0.2) is 16.1 Å². The molecule has 112 valence electrons. The number of rotatable bonds is 5. The summed E-state index contributed by atoms with van der Waals surface area (Å²) in [5.41, 5.74) is 2.31. The Kier molecular flexibility index (Phi) is 4.90. The van der Waals surface area contributed by atoms with Crippen LogP contribution in [0, 0.1) is 19.8 Å². The highest BCUT2D eigenvalue weighted by Crippen LogP contribution is 2.23. The first-order valence-corrected chi connectivity index (χ1v) is 7.61. The van der Waals surface area contributed by atoms with E-state index in [9.17, 15) is 4.79 Å². The molecule has 0 aliphatic carbocycles. The van der Waals surface area contributed by atoms with Gasteiger partial charge in [-0.1, -0.05) is 37.3 Å². The van der Waals surface area contributed by atoms with E-state index in [1.165, 1.54) is 16.9 Å². The molecule has 0 aliphatic heterocycles. The zero-order chi connectivity index (χ0) is 15.4. The fraction of sp³-hybridized carbons (Fsp3) is 0.400. The minimum atomic E-state index is -0.0801. The normalized spacial score (nSPS) is 10.7. The Morgan fingerprint density at radius 3 is 2.81 bits per heavy atom. The molecular formula is C15H19N3O2S. The highest BCUT2D eigenvalue weighted by Gasteiger charge is 2.11. The molecule has 0 bridgehead atoms. The van der Waals surface area contributed by atoms with Gasteiger partial charge in [0.1, 0.15) is 12.4 Å². The Morgan fingerprint density at radius 1 is 1.33 bits per heavy atom. The molecule has 0 spiro atoms. The van der Waals surface area contributed by atoms with Gasteiger partial charge in [0.15, 0.2) is 5.01 Å². The molecular weight excluding hydrogens is 286 g/mol. The standard InChI is InChI=1S/C15H19N3O2S/c1-9(2)14(19)16-15-18-17-13(21-15)8-20-12-7-5-6-10(3)11(12)4/h5-7,9H,8H2,1-4H3,(H,16,18,19). The van der Waals surface area contributed by atoms with Crippen molar-refractivity contribution in [1.82, 2.24) is 10.2 Å². The topological polar surface area (TPSA) is 64.1 Å². The van der Waals surface area contributed by atoms with Gasteiger partial charge in [-0.3, -0.25) is 4.79 Å². The van der Waals surface area contributed by atoms with Gasteiger partial charge >= 0.3 is 0 Å². The molecule has 0 fully saturated rings. The van der Waals surface area contributed by atoms with Crippen molar-refractivity contribution in [1.29, 1.82) is 0 Å². The van der Waals surface area contributed by atoms with E-state index in [2.05, 4.69) is 15.5 Å². The number of aryl methyl sites for hydroxylation is 1. The molecule has 1 heterocycles. The van der Waals surface area contributed by atoms with Crippen LogP contribution in [0.3, 0.4) is 0 Å². The summed E-state index contributed by atoms with van der Waals surface area (Å²) in [5, 5.41) is 11.9. The summed E-state index contributed by atoms with van der Waals surface area (Å²) in [5.74, 6) is 0.703. The van der Waals surface area contributed by atoms with Gasteiger partial charge in [0.25, 0.3) is 0 Å². The largest absolute Gasteiger partial charge is 0.486 e. The van der Waals surface area contributed by atoms with E-state index in [0.29, 0.717) is 11.7 Å². The molecule has 0 saturated carbocycles. The Balaban J connectivity index is 1.97. The van der Waals surface area contributed by atoms with E-state index in [0.717, 1.165) is 16.3 Å². The van der Waals surface area contributed by atoms with Crippen LogP contribution in [0.1, 0.15) is 30.0 Å². The Hall–Kier alpha value is -1.95. The summed E-state index contributed by atoms with van der Waals surface area (Å²) < 4.78 is 5.76. The van der Waals surface area contributed by atoms with Gasteiger partial charge in [-0.2, -0.15) is 0 Å². The molecule has 0 saturated heterocycles. The highest BCUT2D eigenvalue weighted by molar-refractivity contribution is 7.15. The minimum Gasteiger partial charge on any atom is -0.486 e. The van der Waals surface area contributed by atoms with Crippen LogP contribution in [0.15, 0.2) is 18.2 Å². The SMILES string of the molecule is Cc1cccc(OCc2nnc(NC(=O)C(C)C)s2)c1C. The van der Waals surface area contributed by atoms with Crippen molar-refractivity contribution < 1.29 is 9.53 Å². The van der Waals surface area contributed by atoms with E-state index in [-0.39, 0.29) is 11.8 Å². The number of hydrogen-bond acceptors (Lipinski definition) is 5. The number of hydrogen-bond donors (Lipinski definition) is 1. The number of amides is 1. The summed E-state index contributed by atoms with van der Waals surface area (Å²) in [4.78, 5) is 11.6. The molecule has 2 aromatic rings. The summed E-state index contributed by atoms with van der Waals surface area (Å²) in [6.45, 7) is 8.09. The molecule has 0 unspecified atom stereocenters. The van der Waals surface area contributed by atoms with Gasteiger partial charge in [0, 0.05) is 5.92 Å². The number of ether oxygens (including phenoxy) is 1. The zero-order valence-corrected chi connectivity index (χ0v) is 13.5. The Labute approximate surface area is 128 Å². The lowest BCUT2D eigenvalue weighted by molar-refractivity contribution is -0.118. The number of aromatic nitrogens is 2. The average Bonchev–Trinajstić information content (AvgIpc) is 2.88. The minimum absolute atomic E-state index is 0.0619. The van der Waals surface area contributed by atoms with Gasteiger partial charge in [0.2, 0.25) is 11.0 Å². The molecule has 0 aliphatic rings. The first kappa shape index (κ1) is 15.4. The Morgan fingerprint density at radius 2 is 2.10 bits per heavy atom. The second-order valence-corrected chi connectivity index (χ2v) is 6.19. The molecule has 5 nitrogen and oxygen atoms in total. The van der Waals surface area contributed by atoms with Crippen LogP contribution in [0.2, 0.25) is 0 Å². The fourth-order valence-electron chi connectivity index (χ4n) is 1.63. The smallest absolute Gasteiger partial charge is 0.228 e. The monoisotopic (exact) mass is 305 g/mol. The predicted octanol–water partition coefficient (Wildman–Crippen LogP) is 3.33. The third-order valence-corrected chi connectivity index (χ3v) is 3.94. The Bertz CT molecular complexity index is 638. The molecule has 0 radical (unpaired) electrons. The number of carbonyl (C=O) groups excluding carboxylic acids is 1. The van der Waals surface area contributed by atoms with E-state index in [1.54, 1.807) is 0 Å². The van der Waals surface area contributed by atoms with Gasteiger partial charge in [-0.05, 0) is 31.0 Å². The third kappa shape index (κ3) is 4.01. The molecule has 6 heteroatoms. The summed E-state index contributed by atoms with van der Waals surface area (Å²) >= 11 is 1.33. The first-order chi connectivity index (χ1) is 9.97. The van der Waals surface area contributed by atoms with Crippen LogP contribution in [-0.2, 0) is 11.4 Å². The predicted molar refractivity (Wildman–Crippen MR) is 83.6 cm³/mol. The third-order valence-electron chi connectivity index (χ3n) is 3.13. The maximum Gasteiger partial charge on any atom is 0.228 e. The van der Waals surface area contributed by atoms with Crippen molar-refractivity contribution >= 4 is 22.4 Å². The van der Waals surface area contributed by atoms with E-state index in [1.807, 2.05) is 45.9 Å². The van der Waals surface area contributed by atoms with E-state index < -0.39 is 0 Å². The summed E-state index contributed by atoms with van der Waals surface area (Å²) in [6, 6.07) is 5.95. The zero-order valence-electron chi connectivity index (χ0n) is 12.6. The van der Waals surface area contributed by atoms with Crippen LogP contribution in [0.4, 0.5) is 5.13 Å². The number of nitrogens with zero attached hydrogens (tertiary/aromatic N) is 2. The van der Waals surface area contributed by atoms with E-state index >= 15 is 0 Å². The number of benzene rings is 1. The van der Waals surface area contributed by atoms with Crippen LogP contribution in [0.25, 0.3) is 0 Å². The molecule has 0 atom stereocenters. The molecule has 21 heavy (non-hydrogen) atoms. The van der Waals surface area contributed by atoms with Gasteiger partial charge in [0.05, 0.1) is 0 Å². The van der Waals surface area contributed by atoms with Crippen molar-refractivity contribution in [3.8, 4) is 5.75 Å². The lowest BCUT2D eigenvalue weighted by Gasteiger charge is -2.09. The van der Waals surface area contributed by atoms with Crippen molar-refractivity contribution in [2.75, 3.05) is 5.32 Å². The van der Waals surface area contributed by atoms with Gasteiger partial charge in [-0.25, -0.2) is 0 Å². The maximum absolute atomic E-state index is 11.6. The van der Waals surface area contributed by atoms with Gasteiger partial charge < -0.3 is 10.1 Å². The maximum atomic E-state index is 11.6. The van der Waals surface area contributed by atoms with Crippen LogP contribution in [0.5, 0.6) is 5.75 Å². The highest BCUT2D eigenvalue weighted by atomic mass is 32.1. The molecule has 1 N–H and O–H groups in total. The van der Waals surface area contributed by atoms with Crippen molar-refractivity contribution in [3.05, 3.63) is 34.3 Å². The first-order valence-electron chi connectivity index (χ1n) is 6.79. The molecule has 1 aromatic carbocycles. The lowest BCUT2D eigenvalue weighted by atomic mass is 10.1.